The van der Waals surface area contributed by atoms with Gasteiger partial charge >= 0.3 is 0 Å². The summed E-state index contributed by atoms with van der Waals surface area (Å²) in [5.74, 6) is 0.953. The fourth-order valence-electron chi connectivity index (χ4n) is 2.54. The Balaban J connectivity index is 2.18. The number of rotatable bonds is 3. The first-order chi connectivity index (χ1) is 9.74. The molecule has 0 bridgehead atoms. The Labute approximate surface area is 128 Å². The Hall–Kier alpha value is -1.04. The van der Waals surface area contributed by atoms with Gasteiger partial charge < -0.3 is 10.2 Å². The summed E-state index contributed by atoms with van der Waals surface area (Å²) in [7, 11) is 4.33. The van der Waals surface area contributed by atoms with E-state index < -0.39 is 0 Å². The van der Waals surface area contributed by atoms with Crippen molar-refractivity contribution >= 4 is 0 Å². The summed E-state index contributed by atoms with van der Waals surface area (Å²) >= 11 is 0. The zero-order chi connectivity index (χ0) is 15.6. The molecule has 1 unspecified atom stereocenters. The molecule has 118 valence electrons. The Morgan fingerprint density at radius 1 is 1.24 bits per heavy atom. The van der Waals surface area contributed by atoms with Crippen LogP contribution in [0.5, 0.6) is 0 Å². The lowest BCUT2D eigenvalue weighted by Crippen LogP contribution is -2.45. The first kappa shape index (κ1) is 16.3. The van der Waals surface area contributed by atoms with Crippen molar-refractivity contribution in [2.24, 2.45) is 0 Å². The monoisotopic (exact) mass is 291 g/mol. The second kappa shape index (κ2) is 6.38. The third-order valence-electron chi connectivity index (χ3n) is 3.87. The molecule has 0 amide bonds. The fourth-order valence-corrected chi connectivity index (χ4v) is 2.54. The maximum Gasteiger partial charge on any atom is 0.147 e. The number of aromatic nitrogens is 2. The summed E-state index contributed by atoms with van der Waals surface area (Å²) in [6.07, 6.45) is 0. The van der Waals surface area contributed by atoms with E-state index in [1.807, 2.05) is 0 Å². The van der Waals surface area contributed by atoms with Crippen molar-refractivity contribution in [3.8, 4) is 0 Å². The lowest BCUT2D eigenvalue weighted by Gasteiger charge is -2.36. The van der Waals surface area contributed by atoms with Crippen LogP contribution in [0, 0.1) is 6.92 Å². The fraction of sp³-hybridized carbons (Fsp3) is 0.750. The molecule has 1 aliphatic rings. The van der Waals surface area contributed by atoms with E-state index in [0.717, 1.165) is 43.4 Å². The summed E-state index contributed by atoms with van der Waals surface area (Å²) in [6.45, 7) is 12.5. The molecule has 1 fully saturated rings. The summed E-state index contributed by atoms with van der Waals surface area (Å²) in [4.78, 5) is 14.2. The normalized spacial score (nSPS) is 21.7. The Kier molecular flexibility index (Phi) is 4.96. The van der Waals surface area contributed by atoms with Crippen LogP contribution in [-0.4, -0.2) is 59.0 Å². The number of hydrogen-bond acceptors (Lipinski definition) is 5. The molecule has 5 heteroatoms. The van der Waals surface area contributed by atoms with Gasteiger partial charge in [-0.2, -0.15) is 0 Å². The molecule has 21 heavy (non-hydrogen) atoms. The van der Waals surface area contributed by atoms with Crippen LogP contribution in [0.1, 0.15) is 44.0 Å². The van der Waals surface area contributed by atoms with Crippen LogP contribution in [0.3, 0.4) is 0 Å². The summed E-state index contributed by atoms with van der Waals surface area (Å²) in [5, 5.41) is 3.50. The number of aryl methyl sites for hydroxylation is 1. The van der Waals surface area contributed by atoms with Crippen molar-refractivity contribution in [2.45, 2.75) is 45.8 Å². The molecule has 0 spiro atoms. The number of piperazine rings is 1. The molecule has 5 nitrogen and oxygen atoms in total. The Morgan fingerprint density at radius 2 is 1.95 bits per heavy atom. The smallest absolute Gasteiger partial charge is 0.147 e. The quantitative estimate of drug-likeness (QED) is 0.916. The van der Waals surface area contributed by atoms with Gasteiger partial charge in [0.1, 0.15) is 5.82 Å². The highest BCUT2D eigenvalue weighted by Gasteiger charge is 2.26. The van der Waals surface area contributed by atoms with Crippen LogP contribution < -0.4 is 5.32 Å². The highest BCUT2D eigenvalue weighted by Crippen LogP contribution is 2.21. The maximum atomic E-state index is 4.80. The SMILES string of the molecule is Cc1cc(CNC(C)(C)C)nc(C2CN(C)CCN2C)n1. The minimum Gasteiger partial charge on any atom is -0.306 e. The van der Waals surface area contributed by atoms with Gasteiger partial charge in [-0.3, -0.25) is 4.90 Å². The number of nitrogens with one attached hydrogen (secondary N) is 1. The molecule has 1 aromatic heterocycles. The van der Waals surface area contributed by atoms with Crippen LogP contribution >= 0.6 is 0 Å². The third kappa shape index (κ3) is 4.73. The van der Waals surface area contributed by atoms with Crippen molar-refractivity contribution in [3.05, 3.63) is 23.3 Å². The van der Waals surface area contributed by atoms with Crippen molar-refractivity contribution in [3.63, 3.8) is 0 Å². The summed E-state index contributed by atoms with van der Waals surface area (Å²) in [5.41, 5.74) is 2.22. The predicted octanol–water partition coefficient (Wildman–Crippen LogP) is 1.59. The van der Waals surface area contributed by atoms with Crippen LogP contribution in [0.25, 0.3) is 0 Å². The van der Waals surface area contributed by atoms with E-state index >= 15 is 0 Å². The molecule has 1 N–H and O–H groups in total. The van der Waals surface area contributed by atoms with Crippen LogP contribution in [-0.2, 0) is 6.54 Å². The summed E-state index contributed by atoms with van der Waals surface area (Å²) < 4.78 is 0. The van der Waals surface area contributed by atoms with Gasteiger partial charge in [0.2, 0.25) is 0 Å². The van der Waals surface area contributed by atoms with Crippen molar-refractivity contribution in [1.82, 2.24) is 25.1 Å². The Bertz CT molecular complexity index is 480. The first-order valence-electron chi connectivity index (χ1n) is 7.73. The average Bonchev–Trinajstić information content (AvgIpc) is 2.38. The zero-order valence-corrected chi connectivity index (χ0v) is 14.3. The second-order valence-corrected chi connectivity index (χ2v) is 7.22. The first-order valence-corrected chi connectivity index (χ1v) is 7.73. The van der Waals surface area contributed by atoms with Gasteiger partial charge in [-0.1, -0.05) is 0 Å². The highest BCUT2D eigenvalue weighted by atomic mass is 15.3. The molecule has 0 aromatic carbocycles. The van der Waals surface area contributed by atoms with Crippen LogP contribution in [0.15, 0.2) is 6.07 Å². The molecule has 2 rings (SSSR count). The summed E-state index contributed by atoms with van der Waals surface area (Å²) in [6, 6.07) is 2.37. The molecule has 1 atom stereocenters. The van der Waals surface area contributed by atoms with Gasteiger partial charge in [0.25, 0.3) is 0 Å². The van der Waals surface area contributed by atoms with Gasteiger partial charge in [0, 0.05) is 37.4 Å². The van der Waals surface area contributed by atoms with Crippen molar-refractivity contribution < 1.29 is 0 Å². The van der Waals surface area contributed by atoms with E-state index in [-0.39, 0.29) is 11.6 Å². The highest BCUT2D eigenvalue weighted by molar-refractivity contribution is 5.13. The largest absolute Gasteiger partial charge is 0.306 e. The Morgan fingerprint density at radius 3 is 2.62 bits per heavy atom. The molecule has 0 saturated carbocycles. The van der Waals surface area contributed by atoms with Crippen LogP contribution in [0.2, 0.25) is 0 Å². The van der Waals surface area contributed by atoms with Crippen molar-refractivity contribution in [1.29, 1.82) is 0 Å². The van der Waals surface area contributed by atoms with Crippen LogP contribution in [0.4, 0.5) is 0 Å². The lowest BCUT2D eigenvalue weighted by molar-refractivity contribution is 0.109. The topological polar surface area (TPSA) is 44.3 Å². The van der Waals surface area contributed by atoms with E-state index in [0.29, 0.717) is 0 Å². The molecule has 0 aliphatic carbocycles. The van der Waals surface area contributed by atoms with E-state index in [2.05, 4.69) is 68.0 Å². The standard InChI is InChI=1S/C16H29N5/c1-12-9-13(10-17-16(2,3)4)19-15(18-12)14-11-20(5)7-8-21(14)6/h9,14,17H,7-8,10-11H2,1-6H3. The molecule has 1 aromatic rings. The van der Waals surface area contributed by atoms with Gasteiger partial charge in [0.05, 0.1) is 11.7 Å². The number of hydrogen-bond donors (Lipinski definition) is 1. The minimum atomic E-state index is 0.0981. The van der Waals surface area contributed by atoms with E-state index in [9.17, 15) is 0 Å². The average molecular weight is 291 g/mol. The maximum absolute atomic E-state index is 4.80. The number of likely N-dealkylation sites (N-methyl/N-ethyl adjacent to an activating group) is 2. The van der Waals surface area contributed by atoms with Gasteiger partial charge in [0.15, 0.2) is 0 Å². The predicted molar refractivity (Wildman–Crippen MR) is 86.2 cm³/mol. The van der Waals surface area contributed by atoms with Gasteiger partial charge in [-0.15, -0.1) is 0 Å². The second-order valence-electron chi connectivity index (χ2n) is 7.22. The minimum absolute atomic E-state index is 0.0981. The van der Waals surface area contributed by atoms with E-state index in [1.54, 1.807) is 0 Å². The number of nitrogens with zero attached hydrogens (tertiary/aromatic N) is 4. The van der Waals surface area contributed by atoms with Gasteiger partial charge in [-0.25, -0.2) is 9.97 Å². The molecular formula is C16H29N5. The lowest BCUT2D eigenvalue weighted by atomic mass is 10.1. The molecular weight excluding hydrogens is 262 g/mol. The third-order valence-corrected chi connectivity index (χ3v) is 3.87. The van der Waals surface area contributed by atoms with E-state index in [1.165, 1.54) is 0 Å². The molecule has 1 saturated heterocycles. The van der Waals surface area contributed by atoms with E-state index in [4.69, 9.17) is 4.98 Å². The molecule has 1 aliphatic heterocycles. The van der Waals surface area contributed by atoms with Crippen molar-refractivity contribution in [2.75, 3.05) is 33.7 Å². The zero-order valence-electron chi connectivity index (χ0n) is 14.3. The molecule has 0 radical (unpaired) electrons. The molecule has 2 heterocycles. The van der Waals surface area contributed by atoms with Gasteiger partial charge in [-0.05, 0) is 47.9 Å².